The van der Waals surface area contributed by atoms with Crippen molar-refractivity contribution in [3.63, 3.8) is 0 Å². The Kier molecular flexibility index (Phi) is 6.38. The average Bonchev–Trinajstić information content (AvgIpc) is 3.01. The molecule has 0 unspecified atom stereocenters. The Bertz CT molecular complexity index is 772. The number of alkyl halides is 3. The minimum absolute atomic E-state index is 0.0114. The molecule has 0 spiro atoms. The number of esters is 1. The van der Waals surface area contributed by atoms with Gasteiger partial charge in [-0.15, -0.1) is 11.3 Å². The fourth-order valence-corrected chi connectivity index (χ4v) is 3.03. The summed E-state index contributed by atoms with van der Waals surface area (Å²) in [5.74, 6) is -0.878. The second kappa shape index (κ2) is 8.33. The van der Waals surface area contributed by atoms with Crippen LogP contribution >= 0.6 is 11.3 Å². The molecule has 1 aromatic heterocycles. The van der Waals surface area contributed by atoms with Gasteiger partial charge in [-0.2, -0.15) is 13.2 Å². The van der Waals surface area contributed by atoms with E-state index in [4.69, 9.17) is 0 Å². The largest absolute Gasteiger partial charge is 0.465 e. The van der Waals surface area contributed by atoms with Crippen LogP contribution in [0.25, 0.3) is 0 Å². The Hall–Kier alpha value is -2.39. The Labute approximate surface area is 152 Å². The molecule has 0 aliphatic heterocycles. The molecule has 26 heavy (non-hydrogen) atoms. The van der Waals surface area contributed by atoms with E-state index in [1.54, 1.807) is 23.4 Å². The maximum atomic E-state index is 12.6. The average molecular weight is 386 g/mol. The fraction of sp³-hybridized carbons (Fsp3) is 0.294. The molecule has 0 atom stereocenters. The van der Waals surface area contributed by atoms with E-state index in [0.717, 1.165) is 23.5 Å². The predicted molar refractivity (Wildman–Crippen MR) is 92.1 cm³/mol. The molecule has 1 amide bonds. The van der Waals surface area contributed by atoms with Gasteiger partial charge >= 0.3 is 12.1 Å². The number of carbonyl (C=O) groups is 2. The second-order valence-electron chi connectivity index (χ2n) is 5.57. The molecule has 9 heteroatoms. The van der Waals surface area contributed by atoms with Gasteiger partial charge < -0.3 is 10.1 Å². The van der Waals surface area contributed by atoms with Crippen LogP contribution in [0.15, 0.2) is 35.7 Å². The Morgan fingerprint density at radius 1 is 1.19 bits per heavy atom. The first-order valence-electron chi connectivity index (χ1n) is 7.51. The molecular weight excluding hydrogens is 369 g/mol. The summed E-state index contributed by atoms with van der Waals surface area (Å²) in [5, 5.41) is 4.29. The first-order chi connectivity index (χ1) is 12.2. The highest BCUT2D eigenvalue weighted by atomic mass is 32.1. The number of hydrogen-bond donors (Lipinski definition) is 1. The van der Waals surface area contributed by atoms with Crippen molar-refractivity contribution in [1.29, 1.82) is 0 Å². The van der Waals surface area contributed by atoms with Gasteiger partial charge in [-0.3, -0.25) is 9.69 Å². The lowest BCUT2D eigenvalue weighted by atomic mass is 10.1. The monoisotopic (exact) mass is 386 g/mol. The molecule has 0 aliphatic carbocycles. The number of methoxy groups -OCH3 is 1. The summed E-state index contributed by atoms with van der Waals surface area (Å²) in [7, 11) is 2.93. The topological polar surface area (TPSA) is 58.6 Å². The number of rotatable bonds is 6. The zero-order valence-electron chi connectivity index (χ0n) is 14.1. The van der Waals surface area contributed by atoms with Crippen LogP contribution in [-0.4, -0.2) is 37.5 Å². The van der Waals surface area contributed by atoms with Gasteiger partial charge in [0.25, 0.3) is 0 Å². The summed E-state index contributed by atoms with van der Waals surface area (Å²) >= 11 is 1.15. The highest BCUT2D eigenvalue weighted by molar-refractivity contribution is 7.12. The van der Waals surface area contributed by atoms with Crippen LogP contribution in [0, 0.1) is 0 Å². The van der Waals surface area contributed by atoms with Crippen molar-refractivity contribution in [2.45, 2.75) is 12.7 Å². The third-order valence-corrected chi connectivity index (χ3v) is 4.35. The summed E-state index contributed by atoms with van der Waals surface area (Å²) in [6, 6.07) is 6.39. The smallest absolute Gasteiger partial charge is 0.416 e. The van der Waals surface area contributed by atoms with Gasteiger partial charge in [0, 0.05) is 6.54 Å². The number of ether oxygens (including phenoxy) is 1. The zero-order valence-corrected chi connectivity index (χ0v) is 14.9. The number of anilines is 1. The molecule has 0 fully saturated rings. The minimum Gasteiger partial charge on any atom is -0.465 e. The molecule has 0 radical (unpaired) electrons. The second-order valence-corrected chi connectivity index (χ2v) is 6.49. The number of halogens is 3. The normalized spacial score (nSPS) is 11.5. The van der Waals surface area contributed by atoms with E-state index < -0.39 is 17.7 Å². The number of nitrogens with one attached hydrogen (secondary N) is 1. The highest BCUT2D eigenvalue weighted by Gasteiger charge is 2.29. The predicted octanol–water partition coefficient (Wildman–Crippen LogP) is 3.62. The van der Waals surface area contributed by atoms with Crippen LogP contribution in [0.3, 0.4) is 0 Å². The van der Waals surface area contributed by atoms with E-state index in [0.29, 0.717) is 22.7 Å². The lowest BCUT2D eigenvalue weighted by Crippen LogP contribution is -2.30. The zero-order chi connectivity index (χ0) is 19.3. The molecular formula is C17H17F3N2O3S. The van der Waals surface area contributed by atoms with Crippen molar-refractivity contribution in [2.24, 2.45) is 0 Å². The van der Waals surface area contributed by atoms with Gasteiger partial charge in [0.05, 0.1) is 24.9 Å². The van der Waals surface area contributed by atoms with Crippen molar-refractivity contribution >= 4 is 28.9 Å². The molecule has 1 N–H and O–H groups in total. The van der Waals surface area contributed by atoms with E-state index in [-0.39, 0.29) is 12.5 Å². The summed E-state index contributed by atoms with van der Waals surface area (Å²) < 4.78 is 42.3. The number of benzene rings is 1. The molecule has 1 aromatic carbocycles. The molecule has 2 aromatic rings. The lowest BCUT2D eigenvalue weighted by Gasteiger charge is -2.17. The lowest BCUT2D eigenvalue weighted by molar-refractivity contribution is -0.137. The molecule has 1 heterocycles. The van der Waals surface area contributed by atoms with Gasteiger partial charge in [-0.1, -0.05) is 12.1 Å². The number of amides is 1. The summed E-state index contributed by atoms with van der Waals surface area (Å²) in [4.78, 5) is 25.6. The molecule has 0 aliphatic rings. The molecule has 0 bridgehead atoms. The first kappa shape index (κ1) is 19.9. The number of nitrogens with zero attached hydrogens (tertiary/aromatic N) is 1. The van der Waals surface area contributed by atoms with E-state index in [1.165, 1.54) is 19.2 Å². The van der Waals surface area contributed by atoms with E-state index >= 15 is 0 Å². The van der Waals surface area contributed by atoms with Crippen LogP contribution < -0.4 is 5.32 Å². The number of thiophene rings is 1. The fourth-order valence-electron chi connectivity index (χ4n) is 2.26. The molecule has 2 rings (SSSR count). The molecule has 0 saturated heterocycles. The van der Waals surface area contributed by atoms with Gasteiger partial charge in [-0.25, -0.2) is 4.79 Å². The van der Waals surface area contributed by atoms with Crippen LogP contribution in [0.2, 0.25) is 0 Å². The van der Waals surface area contributed by atoms with Crippen molar-refractivity contribution in [3.05, 3.63) is 51.7 Å². The first-order valence-corrected chi connectivity index (χ1v) is 8.39. The maximum absolute atomic E-state index is 12.6. The van der Waals surface area contributed by atoms with Gasteiger partial charge in [0.15, 0.2) is 0 Å². The van der Waals surface area contributed by atoms with Crippen LogP contribution in [-0.2, 0) is 22.3 Å². The summed E-state index contributed by atoms with van der Waals surface area (Å²) in [6.45, 7) is 0.316. The van der Waals surface area contributed by atoms with Crippen molar-refractivity contribution < 1.29 is 27.5 Å². The van der Waals surface area contributed by atoms with Crippen molar-refractivity contribution in [3.8, 4) is 0 Å². The molecule has 5 nitrogen and oxygen atoms in total. The van der Waals surface area contributed by atoms with E-state index in [2.05, 4.69) is 10.1 Å². The third kappa shape index (κ3) is 5.30. The number of carbonyl (C=O) groups excluding carboxylic acids is 2. The molecule has 140 valence electrons. The quantitative estimate of drug-likeness (QED) is 0.771. The van der Waals surface area contributed by atoms with Gasteiger partial charge in [0.2, 0.25) is 5.91 Å². The van der Waals surface area contributed by atoms with Gasteiger partial charge in [0.1, 0.15) is 4.88 Å². The minimum atomic E-state index is -4.37. The summed E-state index contributed by atoms with van der Waals surface area (Å²) in [6.07, 6.45) is -4.37. The van der Waals surface area contributed by atoms with Crippen molar-refractivity contribution in [2.75, 3.05) is 26.0 Å². The highest BCUT2D eigenvalue weighted by Crippen LogP contribution is 2.29. The standard InChI is InChI=1S/C17H17F3N2O3S/c1-22(9-11-3-5-12(6-4-11)17(18,19)20)10-14(23)21-13-7-8-26-15(13)16(24)25-2/h3-8H,9-10H2,1-2H3,(H,21,23). The number of hydrogen-bond acceptors (Lipinski definition) is 5. The Morgan fingerprint density at radius 2 is 1.85 bits per heavy atom. The Morgan fingerprint density at radius 3 is 2.42 bits per heavy atom. The summed E-state index contributed by atoms with van der Waals surface area (Å²) in [5.41, 5.74) is 0.309. The van der Waals surface area contributed by atoms with Crippen LogP contribution in [0.1, 0.15) is 20.8 Å². The molecule has 0 saturated carbocycles. The van der Waals surface area contributed by atoms with E-state index in [1.807, 2.05) is 0 Å². The van der Waals surface area contributed by atoms with Gasteiger partial charge in [-0.05, 0) is 36.2 Å². The third-order valence-electron chi connectivity index (χ3n) is 3.46. The van der Waals surface area contributed by atoms with Crippen molar-refractivity contribution in [1.82, 2.24) is 4.90 Å². The van der Waals surface area contributed by atoms with Crippen LogP contribution in [0.4, 0.5) is 18.9 Å². The number of likely N-dealkylation sites (N-methyl/N-ethyl adjacent to an activating group) is 1. The Balaban J connectivity index is 1.91. The van der Waals surface area contributed by atoms with Crippen LogP contribution in [0.5, 0.6) is 0 Å². The maximum Gasteiger partial charge on any atom is 0.416 e. The van der Waals surface area contributed by atoms with E-state index in [9.17, 15) is 22.8 Å². The SMILES string of the molecule is COC(=O)c1sccc1NC(=O)CN(C)Cc1ccc(C(F)(F)F)cc1.